The topological polar surface area (TPSA) is 34.1 Å². The zero-order chi connectivity index (χ0) is 9.28. The minimum atomic E-state index is -4.96. The average Bonchev–Trinajstić information content (AvgIpc) is 1.84. The summed E-state index contributed by atoms with van der Waals surface area (Å²) in [5, 5.41) is 0. The van der Waals surface area contributed by atoms with Crippen LogP contribution in [0.3, 0.4) is 0 Å². The Kier molecular flexibility index (Phi) is 2.43. The molecular formula is C6H6F3O2. The van der Waals surface area contributed by atoms with Gasteiger partial charge in [-0.15, -0.1) is 0 Å². The second kappa shape index (κ2) is 2.64. The molecule has 0 atom stereocenters. The number of Topliss-reactive ketones (excluding diaryl/α,β-unsaturated/α-hetero) is 1. The maximum absolute atomic E-state index is 11.6. The fraction of sp³-hybridized carbons (Fsp3) is 0.667. The highest BCUT2D eigenvalue weighted by molar-refractivity contribution is 6.00. The first-order chi connectivity index (χ1) is 4.72. The Balaban J connectivity index is 4.63. The average molecular weight is 167 g/mol. The minimum Gasteiger partial charge on any atom is -0.290 e. The molecule has 0 aromatic carbocycles. The molecule has 0 aromatic rings. The lowest BCUT2D eigenvalue weighted by atomic mass is 9.90. The zero-order valence-corrected chi connectivity index (χ0v) is 5.95. The summed E-state index contributed by atoms with van der Waals surface area (Å²) in [6.45, 7) is 1.74. The third-order valence-corrected chi connectivity index (χ3v) is 1.08. The minimum absolute atomic E-state index is 0.871. The summed E-state index contributed by atoms with van der Waals surface area (Å²) < 4.78 is 34.8. The molecule has 0 bridgehead atoms. The van der Waals surface area contributed by atoms with Gasteiger partial charge in [-0.05, 0) is 13.8 Å². The van der Waals surface area contributed by atoms with E-state index in [1.807, 2.05) is 0 Å². The molecular weight excluding hydrogens is 161 g/mol. The van der Waals surface area contributed by atoms with E-state index < -0.39 is 17.4 Å². The number of carbonyl (C=O) groups is 1. The van der Waals surface area contributed by atoms with Crippen molar-refractivity contribution < 1.29 is 22.8 Å². The van der Waals surface area contributed by atoms with E-state index in [0.717, 1.165) is 20.1 Å². The maximum Gasteiger partial charge on any atom is 0.451 e. The second-order valence-corrected chi connectivity index (χ2v) is 2.55. The van der Waals surface area contributed by atoms with E-state index >= 15 is 0 Å². The van der Waals surface area contributed by atoms with Crippen molar-refractivity contribution in [1.29, 1.82) is 0 Å². The van der Waals surface area contributed by atoms with Gasteiger partial charge in [0.05, 0.1) is 5.41 Å². The molecule has 5 heteroatoms. The van der Waals surface area contributed by atoms with Gasteiger partial charge in [-0.3, -0.25) is 9.59 Å². The molecule has 0 spiro atoms. The third-order valence-electron chi connectivity index (χ3n) is 1.08. The van der Waals surface area contributed by atoms with Gasteiger partial charge in [0.1, 0.15) is 0 Å². The highest BCUT2D eigenvalue weighted by Gasteiger charge is 2.48. The molecule has 0 aliphatic rings. The molecule has 0 saturated heterocycles. The first-order valence-electron chi connectivity index (χ1n) is 2.73. The fourth-order valence-corrected chi connectivity index (χ4v) is 0.401. The Morgan fingerprint density at radius 2 is 1.64 bits per heavy atom. The molecule has 0 aliphatic heterocycles. The van der Waals surface area contributed by atoms with E-state index in [2.05, 4.69) is 0 Å². The molecule has 0 heterocycles. The molecule has 2 nitrogen and oxygen atoms in total. The van der Waals surface area contributed by atoms with Gasteiger partial charge in [0.15, 0.2) is 0 Å². The summed E-state index contributed by atoms with van der Waals surface area (Å²) in [6, 6.07) is 0. The lowest BCUT2D eigenvalue weighted by Gasteiger charge is -2.15. The van der Waals surface area contributed by atoms with Crippen LogP contribution in [0, 0.1) is 5.41 Å². The quantitative estimate of drug-likeness (QED) is 0.580. The summed E-state index contributed by atoms with van der Waals surface area (Å²) >= 11 is 0. The van der Waals surface area contributed by atoms with Gasteiger partial charge < -0.3 is 0 Å². The van der Waals surface area contributed by atoms with Crippen LogP contribution in [-0.2, 0) is 9.59 Å². The normalized spacial score (nSPS) is 12.8. The van der Waals surface area contributed by atoms with Gasteiger partial charge in [0, 0.05) is 0 Å². The molecule has 0 unspecified atom stereocenters. The molecule has 0 saturated carbocycles. The largest absolute Gasteiger partial charge is 0.451 e. The van der Waals surface area contributed by atoms with Crippen LogP contribution < -0.4 is 0 Å². The Morgan fingerprint density at radius 1 is 1.27 bits per heavy atom. The van der Waals surface area contributed by atoms with Gasteiger partial charge in [-0.1, -0.05) is 0 Å². The van der Waals surface area contributed by atoms with Crippen LogP contribution in [0.2, 0.25) is 0 Å². The number of rotatable bonds is 2. The van der Waals surface area contributed by atoms with Crippen molar-refractivity contribution in [2.75, 3.05) is 0 Å². The Labute approximate surface area is 61.4 Å². The number of hydrogen-bond acceptors (Lipinski definition) is 2. The van der Waals surface area contributed by atoms with Crippen molar-refractivity contribution in [3.8, 4) is 0 Å². The van der Waals surface area contributed by atoms with E-state index in [1.54, 1.807) is 0 Å². The van der Waals surface area contributed by atoms with Crippen molar-refractivity contribution in [2.45, 2.75) is 20.0 Å². The number of ketones is 1. The van der Waals surface area contributed by atoms with Crippen LogP contribution in [0.15, 0.2) is 0 Å². The van der Waals surface area contributed by atoms with Crippen molar-refractivity contribution in [2.24, 2.45) is 5.41 Å². The number of carbonyl (C=O) groups excluding carboxylic acids is 2. The predicted octanol–water partition coefficient (Wildman–Crippen LogP) is 1.25. The second-order valence-electron chi connectivity index (χ2n) is 2.55. The highest BCUT2D eigenvalue weighted by atomic mass is 19.4. The summed E-state index contributed by atoms with van der Waals surface area (Å²) in [5.74, 6) is -2.07. The van der Waals surface area contributed by atoms with Crippen LogP contribution in [0.25, 0.3) is 0 Å². The van der Waals surface area contributed by atoms with E-state index in [9.17, 15) is 22.8 Å². The van der Waals surface area contributed by atoms with Crippen molar-refractivity contribution in [1.82, 2.24) is 0 Å². The monoisotopic (exact) mass is 167 g/mol. The standard InChI is InChI=1S/C6H6F3O2/c1-5(2,3-10)4(11)6(7,8)9/h1-2H3. The molecule has 0 amide bonds. The Bertz CT molecular complexity index is 181. The number of alkyl halides is 3. The van der Waals surface area contributed by atoms with Gasteiger partial charge in [0.2, 0.25) is 12.1 Å². The third kappa shape index (κ3) is 2.32. The summed E-state index contributed by atoms with van der Waals surface area (Å²) in [4.78, 5) is 20.2. The summed E-state index contributed by atoms with van der Waals surface area (Å²) in [5.41, 5.74) is -2.09. The molecule has 0 aromatic heterocycles. The van der Waals surface area contributed by atoms with E-state index in [1.165, 1.54) is 0 Å². The van der Waals surface area contributed by atoms with Gasteiger partial charge in [-0.2, -0.15) is 13.2 Å². The maximum atomic E-state index is 11.6. The lowest BCUT2D eigenvalue weighted by Crippen LogP contribution is -2.37. The zero-order valence-electron chi connectivity index (χ0n) is 5.95. The van der Waals surface area contributed by atoms with Crippen LogP contribution in [0.5, 0.6) is 0 Å². The molecule has 0 N–H and O–H groups in total. The SMILES string of the molecule is CC(C)([C]=O)C(=O)C(F)(F)F. The number of hydrogen-bond donors (Lipinski definition) is 0. The molecule has 63 valence electrons. The first kappa shape index (κ1) is 10.1. The van der Waals surface area contributed by atoms with E-state index in [4.69, 9.17) is 0 Å². The molecule has 0 rings (SSSR count). The van der Waals surface area contributed by atoms with Gasteiger partial charge in [-0.25, -0.2) is 0 Å². The van der Waals surface area contributed by atoms with Gasteiger partial charge in [0.25, 0.3) is 0 Å². The first-order valence-corrected chi connectivity index (χ1v) is 2.73. The smallest absolute Gasteiger partial charge is 0.290 e. The fourth-order valence-electron chi connectivity index (χ4n) is 0.401. The van der Waals surface area contributed by atoms with Crippen molar-refractivity contribution in [3.63, 3.8) is 0 Å². The summed E-state index contributed by atoms with van der Waals surface area (Å²) in [6.07, 6.45) is -3.93. The van der Waals surface area contributed by atoms with Crippen LogP contribution >= 0.6 is 0 Å². The number of halogens is 3. The van der Waals surface area contributed by atoms with E-state index in [0.29, 0.717) is 0 Å². The van der Waals surface area contributed by atoms with Crippen molar-refractivity contribution >= 4 is 12.1 Å². The van der Waals surface area contributed by atoms with Crippen LogP contribution in [0.4, 0.5) is 13.2 Å². The van der Waals surface area contributed by atoms with Gasteiger partial charge >= 0.3 is 6.18 Å². The predicted molar refractivity (Wildman–Crippen MR) is 30.5 cm³/mol. The Morgan fingerprint density at radius 3 is 1.73 bits per heavy atom. The molecule has 11 heavy (non-hydrogen) atoms. The molecule has 1 radical (unpaired) electrons. The highest BCUT2D eigenvalue weighted by Crippen LogP contribution is 2.27. The molecule has 0 fully saturated rings. The van der Waals surface area contributed by atoms with Crippen LogP contribution in [0.1, 0.15) is 13.8 Å². The van der Waals surface area contributed by atoms with Crippen LogP contribution in [-0.4, -0.2) is 18.2 Å². The molecule has 0 aliphatic carbocycles. The van der Waals surface area contributed by atoms with Crippen molar-refractivity contribution in [3.05, 3.63) is 0 Å². The summed E-state index contributed by atoms with van der Waals surface area (Å²) in [7, 11) is 0. The van der Waals surface area contributed by atoms with E-state index in [-0.39, 0.29) is 0 Å². The Hall–Kier alpha value is -0.870. The lowest BCUT2D eigenvalue weighted by molar-refractivity contribution is -0.177.